The fourth-order valence-corrected chi connectivity index (χ4v) is 1.50. The number of carbonyl (C=O) groups excluding carboxylic acids is 1. The summed E-state index contributed by atoms with van der Waals surface area (Å²) in [5.74, 6) is -3.30. The molecule has 1 heterocycles. The molecule has 9 heteroatoms. The first-order valence-corrected chi connectivity index (χ1v) is 5.53. The zero-order valence-corrected chi connectivity index (χ0v) is 10.4. The van der Waals surface area contributed by atoms with Crippen molar-refractivity contribution in [3.8, 4) is 11.5 Å². The summed E-state index contributed by atoms with van der Waals surface area (Å²) in [6.45, 7) is 1.53. The van der Waals surface area contributed by atoms with Crippen molar-refractivity contribution in [3.63, 3.8) is 0 Å². The number of hydrogen-bond acceptors (Lipinski definition) is 5. The van der Waals surface area contributed by atoms with Gasteiger partial charge in [0.15, 0.2) is 17.2 Å². The third-order valence-corrected chi connectivity index (χ3v) is 2.20. The molecule has 1 N–H and O–H groups in total. The molecule has 0 amide bonds. The average molecular weight is 300 g/mol. The maximum atomic E-state index is 12.2. The highest BCUT2D eigenvalue weighted by Gasteiger charge is 2.35. The van der Waals surface area contributed by atoms with Gasteiger partial charge >= 0.3 is 12.3 Å². The van der Waals surface area contributed by atoms with E-state index in [1.807, 2.05) is 0 Å². The van der Waals surface area contributed by atoms with Gasteiger partial charge in [0.25, 0.3) is 0 Å². The van der Waals surface area contributed by atoms with E-state index in [0.717, 1.165) is 0 Å². The molecule has 0 radical (unpaired) electrons. The first-order valence-electron chi connectivity index (χ1n) is 4.99. The van der Waals surface area contributed by atoms with Gasteiger partial charge in [-0.15, -0.1) is 24.8 Å². The molecule has 5 nitrogen and oxygen atoms in total. The minimum Gasteiger partial charge on any atom is -0.503 e. The highest BCUT2D eigenvalue weighted by Crippen LogP contribution is 2.36. The van der Waals surface area contributed by atoms with Crippen molar-refractivity contribution in [1.82, 2.24) is 4.98 Å². The van der Waals surface area contributed by atoms with Gasteiger partial charge < -0.3 is 14.6 Å². The van der Waals surface area contributed by atoms with Crippen LogP contribution in [-0.2, 0) is 10.6 Å². The van der Waals surface area contributed by atoms with Gasteiger partial charge in [0, 0.05) is 5.56 Å². The standard InChI is InChI=1S/C10H9ClF3NO4/c1-2-18-9(17)7-5(3-11)8(6(16)4-15-7)19-10(12,13)14/h4,16H,2-3H2,1H3. The van der Waals surface area contributed by atoms with E-state index in [9.17, 15) is 23.1 Å². The highest BCUT2D eigenvalue weighted by atomic mass is 35.5. The Kier molecular flexibility index (Phi) is 4.82. The van der Waals surface area contributed by atoms with Gasteiger partial charge in [-0.3, -0.25) is 0 Å². The van der Waals surface area contributed by atoms with Crippen molar-refractivity contribution >= 4 is 17.6 Å². The van der Waals surface area contributed by atoms with Crippen LogP contribution in [0.4, 0.5) is 13.2 Å². The van der Waals surface area contributed by atoms with Gasteiger partial charge in [-0.05, 0) is 6.92 Å². The first kappa shape index (κ1) is 15.4. The van der Waals surface area contributed by atoms with E-state index in [4.69, 9.17) is 11.6 Å². The van der Waals surface area contributed by atoms with Gasteiger partial charge in [-0.1, -0.05) is 0 Å². The van der Waals surface area contributed by atoms with Gasteiger partial charge in [-0.25, -0.2) is 9.78 Å². The molecule has 1 aromatic heterocycles. The van der Waals surface area contributed by atoms with Crippen molar-refractivity contribution in [1.29, 1.82) is 0 Å². The second-order valence-electron chi connectivity index (χ2n) is 3.20. The predicted octanol–water partition coefficient (Wildman–Crippen LogP) is 2.60. The van der Waals surface area contributed by atoms with Crippen LogP contribution in [0.3, 0.4) is 0 Å². The molecule has 0 bridgehead atoms. The van der Waals surface area contributed by atoms with Crippen molar-refractivity contribution < 1.29 is 32.5 Å². The Morgan fingerprint density at radius 3 is 2.63 bits per heavy atom. The van der Waals surface area contributed by atoms with Gasteiger partial charge in [-0.2, -0.15) is 0 Å². The van der Waals surface area contributed by atoms with E-state index in [-0.39, 0.29) is 6.61 Å². The summed E-state index contributed by atoms with van der Waals surface area (Å²) in [6, 6.07) is 0. The summed E-state index contributed by atoms with van der Waals surface area (Å²) >= 11 is 5.48. The van der Waals surface area contributed by atoms with E-state index in [0.29, 0.717) is 6.20 Å². The molecule has 0 aliphatic rings. The molecule has 0 saturated carbocycles. The first-order chi connectivity index (χ1) is 8.80. The van der Waals surface area contributed by atoms with E-state index < -0.39 is 41.0 Å². The quantitative estimate of drug-likeness (QED) is 0.683. The molecule has 19 heavy (non-hydrogen) atoms. The minimum atomic E-state index is -5.04. The molecule has 0 aliphatic carbocycles. The number of pyridine rings is 1. The molecule has 0 atom stereocenters. The third-order valence-electron chi connectivity index (χ3n) is 1.93. The third kappa shape index (κ3) is 3.88. The average Bonchev–Trinajstić information content (AvgIpc) is 2.30. The second-order valence-corrected chi connectivity index (χ2v) is 3.47. The number of rotatable bonds is 4. The molecule has 0 aliphatic heterocycles. The predicted molar refractivity (Wildman–Crippen MR) is 58.1 cm³/mol. The fourth-order valence-electron chi connectivity index (χ4n) is 1.25. The Morgan fingerprint density at radius 2 is 2.16 bits per heavy atom. The van der Waals surface area contributed by atoms with Crippen LogP contribution in [0.2, 0.25) is 0 Å². The van der Waals surface area contributed by atoms with Crippen LogP contribution in [0.15, 0.2) is 6.20 Å². The number of nitrogens with zero attached hydrogens (tertiary/aromatic N) is 1. The lowest BCUT2D eigenvalue weighted by Crippen LogP contribution is -2.20. The van der Waals surface area contributed by atoms with Crippen LogP contribution in [-0.4, -0.2) is 29.0 Å². The Morgan fingerprint density at radius 1 is 1.53 bits per heavy atom. The molecule has 0 saturated heterocycles. The van der Waals surface area contributed by atoms with Crippen LogP contribution in [0.1, 0.15) is 23.0 Å². The van der Waals surface area contributed by atoms with Crippen molar-refractivity contribution in [2.75, 3.05) is 6.61 Å². The van der Waals surface area contributed by atoms with Crippen molar-refractivity contribution in [2.45, 2.75) is 19.2 Å². The van der Waals surface area contributed by atoms with Gasteiger partial charge in [0.2, 0.25) is 0 Å². The number of aromatic hydroxyl groups is 1. The summed E-state index contributed by atoms with van der Waals surface area (Å²) in [7, 11) is 0. The molecule has 1 aromatic rings. The number of carbonyl (C=O) groups is 1. The Hall–Kier alpha value is -1.70. The van der Waals surface area contributed by atoms with E-state index >= 15 is 0 Å². The SMILES string of the molecule is CCOC(=O)c1ncc(O)c(OC(F)(F)F)c1CCl. The summed E-state index contributed by atoms with van der Waals surface area (Å²) in [4.78, 5) is 15.0. The Labute approximate surface area is 110 Å². The number of aromatic nitrogens is 1. The number of ether oxygens (including phenoxy) is 2. The zero-order chi connectivity index (χ0) is 14.6. The largest absolute Gasteiger partial charge is 0.573 e. The van der Waals surface area contributed by atoms with E-state index in [1.165, 1.54) is 6.92 Å². The zero-order valence-electron chi connectivity index (χ0n) is 9.62. The highest BCUT2D eigenvalue weighted by molar-refractivity contribution is 6.18. The van der Waals surface area contributed by atoms with Gasteiger partial charge in [0.1, 0.15) is 0 Å². The number of esters is 1. The Bertz CT molecular complexity index is 479. The summed E-state index contributed by atoms with van der Waals surface area (Å²) in [6.07, 6.45) is -4.38. The normalized spacial score (nSPS) is 11.2. The topological polar surface area (TPSA) is 68.7 Å². The van der Waals surface area contributed by atoms with Crippen LogP contribution in [0.5, 0.6) is 11.5 Å². The maximum absolute atomic E-state index is 12.2. The summed E-state index contributed by atoms with van der Waals surface area (Å²) in [5, 5.41) is 9.32. The van der Waals surface area contributed by atoms with Crippen LogP contribution >= 0.6 is 11.6 Å². The van der Waals surface area contributed by atoms with E-state index in [2.05, 4.69) is 14.5 Å². The number of halogens is 4. The minimum absolute atomic E-state index is 0.0125. The molecule has 0 fully saturated rings. The maximum Gasteiger partial charge on any atom is 0.573 e. The molecule has 1 rings (SSSR count). The lowest BCUT2D eigenvalue weighted by Gasteiger charge is -2.15. The van der Waals surface area contributed by atoms with Crippen molar-refractivity contribution in [2.24, 2.45) is 0 Å². The van der Waals surface area contributed by atoms with Gasteiger partial charge in [0.05, 0.1) is 18.7 Å². The van der Waals surface area contributed by atoms with Crippen LogP contribution in [0, 0.1) is 0 Å². The summed E-state index contributed by atoms with van der Waals surface area (Å²) in [5.41, 5.74) is -0.827. The molecular weight excluding hydrogens is 291 g/mol. The molecule has 0 aromatic carbocycles. The van der Waals surface area contributed by atoms with E-state index in [1.54, 1.807) is 0 Å². The number of alkyl halides is 4. The monoisotopic (exact) mass is 299 g/mol. The second kappa shape index (κ2) is 5.96. The van der Waals surface area contributed by atoms with Crippen LogP contribution in [0.25, 0.3) is 0 Å². The van der Waals surface area contributed by atoms with Crippen LogP contribution < -0.4 is 4.74 Å². The smallest absolute Gasteiger partial charge is 0.503 e. The summed E-state index contributed by atoms with van der Waals surface area (Å²) < 4.78 is 44.9. The molecule has 0 unspecified atom stereocenters. The Balaban J connectivity index is 3.29. The fraction of sp³-hybridized carbons (Fsp3) is 0.400. The molecular formula is C10H9ClF3NO4. The lowest BCUT2D eigenvalue weighted by atomic mass is 10.2. The number of hydrogen-bond donors (Lipinski definition) is 1. The molecule has 0 spiro atoms. The van der Waals surface area contributed by atoms with Crippen molar-refractivity contribution in [3.05, 3.63) is 17.5 Å². The lowest BCUT2D eigenvalue weighted by molar-refractivity contribution is -0.275. The molecule has 106 valence electrons.